The summed E-state index contributed by atoms with van der Waals surface area (Å²) in [6, 6.07) is 14.1. The zero-order chi connectivity index (χ0) is 17.9. The zero-order valence-electron chi connectivity index (χ0n) is 14.8. The van der Waals surface area contributed by atoms with Gasteiger partial charge in [0.2, 0.25) is 5.91 Å². The van der Waals surface area contributed by atoms with Gasteiger partial charge < -0.3 is 9.80 Å². The summed E-state index contributed by atoms with van der Waals surface area (Å²) >= 11 is 0. The normalized spacial score (nSPS) is 19.6. The van der Waals surface area contributed by atoms with Gasteiger partial charge in [-0.3, -0.25) is 4.79 Å². The van der Waals surface area contributed by atoms with Gasteiger partial charge in [0.1, 0.15) is 11.9 Å². The Morgan fingerprint density at radius 1 is 1.12 bits per heavy atom. The van der Waals surface area contributed by atoms with Crippen LogP contribution in [0.3, 0.4) is 0 Å². The molecule has 1 unspecified atom stereocenters. The number of fused-ring (bicyclic) bond motifs is 1. The van der Waals surface area contributed by atoms with Crippen LogP contribution in [0.5, 0.6) is 0 Å². The Hall–Kier alpha value is -2.87. The van der Waals surface area contributed by atoms with Crippen molar-refractivity contribution in [2.24, 2.45) is 0 Å². The van der Waals surface area contributed by atoms with Crippen LogP contribution in [0.25, 0.3) is 0 Å². The number of pyridine rings is 1. The highest BCUT2D eigenvalue weighted by atomic mass is 16.2. The average Bonchev–Trinajstić information content (AvgIpc) is 2.73. The van der Waals surface area contributed by atoms with Gasteiger partial charge in [-0.05, 0) is 42.5 Å². The summed E-state index contributed by atoms with van der Waals surface area (Å²) in [4.78, 5) is 21.6. The van der Waals surface area contributed by atoms with Gasteiger partial charge in [0.25, 0.3) is 0 Å². The van der Waals surface area contributed by atoms with Gasteiger partial charge in [-0.25, -0.2) is 4.98 Å². The fourth-order valence-electron chi connectivity index (χ4n) is 4.03. The number of benzene rings is 1. The quantitative estimate of drug-likeness (QED) is 0.839. The Labute approximate surface area is 153 Å². The maximum atomic E-state index is 13.1. The predicted molar refractivity (Wildman–Crippen MR) is 99.9 cm³/mol. The van der Waals surface area contributed by atoms with Gasteiger partial charge in [0.05, 0.1) is 11.5 Å². The molecule has 0 radical (unpaired) electrons. The standard InChI is InChI=1S/C21H22N4O/c22-14-16-8-9-20(23-15-16)24-10-12-25(13-11-24)21(26)19-7-3-5-17-4-1-2-6-18(17)19/h1-2,4,6,8-9,15,19H,3,5,7,10-13H2. The second kappa shape index (κ2) is 7.17. The van der Waals surface area contributed by atoms with Crippen molar-refractivity contribution < 1.29 is 4.79 Å². The van der Waals surface area contributed by atoms with Crippen LogP contribution in [0.15, 0.2) is 42.6 Å². The van der Waals surface area contributed by atoms with Gasteiger partial charge in [-0.2, -0.15) is 5.26 Å². The zero-order valence-corrected chi connectivity index (χ0v) is 14.8. The van der Waals surface area contributed by atoms with E-state index in [9.17, 15) is 4.79 Å². The molecule has 5 heteroatoms. The van der Waals surface area contributed by atoms with Crippen molar-refractivity contribution in [3.8, 4) is 6.07 Å². The van der Waals surface area contributed by atoms with Crippen molar-refractivity contribution >= 4 is 11.7 Å². The first-order valence-corrected chi connectivity index (χ1v) is 9.24. The first kappa shape index (κ1) is 16.6. The monoisotopic (exact) mass is 346 g/mol. The molecule has 1 saturated heterocycles. The Morgan fingerprint density at radius 3 is 2.65 bits per heavy atom. The van der Waals surface area contributed by atoms with E-state index in [1.165, 1.54) is 11.1 Å². The van der Waals surface area contributed by atoms with Crippen molar-refractivity contribution in [2.45, 2.75) is 25.2 Å². The maximum Gasteiger partial charge on any atom is 0.230 e. The highest BCUT2D eigenvalue weighted by Gasteiger charge is 2.31. The SMILES string of the molecule is N#Cc1ccc(N2CCN(C(=O)C3CCCc4ccccc43)CC2)nc1. The van der Waals surface area contributed by atoms with E-state index in [1.807, 2.05) is 17.0 Å². The van der Waals surface area contributed by atoms with Crippen LogP contribution in [0.2, 0.25) is 0 Å². The topological polar surface area (TPSA) is 60.2 Å². The van der Waals surface area contributed by atoms with E-state index in [-0.39, 0.29) is 11.8 Å². The molecule has 0 saturated carbocycles. The van der Waals surface area contributed by atoms with E-state index in [2.05, 4.69) is 34.2 Å². The third-order valence-corrected chi connectivity index (χ3v) is 5.46. The predicted octanol–water partition coefficient (Wildman–Crippen LogP) is 2.72. The largest absolute Gasteiger partial charge is 0.353 e. The minimum absolute atomic E-state index is 0.0135. The molecule has 1 aromatic heterocycles. The minimum atomic E-state index is 0.0135. The Morgan fingerprint density at radius 2 is 1.92 bits per heavy atom. The fourth-order valence-corrected chi connectivity index (χ4v) is 4.03. The summed E-state index contributed by atoms with van der Waals surface area (Å²) in [5, 5.41) is 8.88. The number of anilines is 1. The lowest BCUT2D eigenvalue weighted by Gasteiger charge is -2.38. The third-order valence-electron chi connectivity index (χ3n) is 5.46. The first-order chi connectivity index (χ1) is 12.8. The summed E-state index contributed by atoms with van der Waals surface area (Å²) in [6.07, 6.45) is 4.72. The number of aryl methyl sites for hydroxylation is 1. The lowest BCUT2D eigenvalue weighted by atomic mass is 9.82. The number of hydrogen-bond acceptors (Lipinski definition) is 4. The second-order valence-corrected chi connectivity index (χ2v) is 6.97. The molecule has 26 heavy (non-hydrogen) atoms. The lowest BCUT2D eigenvalue weighted by Crippen LogP contribution is -2.50. The minimum Gasteiger partial charge on any atom is -0.353 e. The molecular formula is C21H22N4O. The van der Waals surface area contributed by atoms with Crippen LogP contribution in [-0.4, -0.2) is 42.0 Å². The number of nitrogens with zero attached hydrogens (tertiary/aromatic N) is 4. The Balaban J connectivity index is 1.42. The number of nitriles is 1. The van der Waals surface area contributed by atoms with E-state index in [1.54, 1.807) is 12.3 Å². The van der Waals surface area contributed by atoms with Crippen LogP contribution in [0.4, 0.5) is 5.82 Å². The van der Waals surface area contributed by atoms with Crippen LogP contribution in [-0.2, 0) is 11.2 Å². The van der Waals surface area contributed by atoms with Gasteiger partial charge in [0.15, 0.2) is 0 Å². The molecule has 1 aliphatic carbocycles. The molecule has 1 fully saturated rings. The van der Waals surface area contributed by atoms with E-state index < -0.39 is 0 Å². The molecule has 1 aromatic carbocycles. The molecule has 132 valence electrons. The number of piperazine rings is 1. The van der Waals surface area contributed by atoms with Gasteiger partial charge in [0, 0.05) is 32.4 Å². The molecular weight excluding hydrogens is 324 g/mol. The van der Waals surface area contributed by atoms with E-state index in [0.29, 0.717) is 5.56 Å². The second-order valence-electron chi connectivity index (χ2n) is 6.97. The number of hydrogen-bond donors (Lipinski definition) is 0. The summed E-state index contributed by atoms with van der Waals surface area (Å²) in [7, 11) is 0. The molecule has 0 spiro atoms. The summed E-state index contributed by atoms with van der Waals surface area (Å²) in [5.74, 6) is 1.16. The van der Waals surface area contributed by atoms with Crippen LogP contribution >= 0.6 is 0 Å². The fraction of sp³-hybridized carbons (Fsp3) is 0.381. The van der Waals surface area contributed by atoms with Crippen LogP contribution in [0, 0.1) is 11.3 Å². The molecule has 0 bridgehead atoms. The molecule has 5 nitrogen and oxygen atoms in total. The van der Waals surface area contributed by atoms with Gasteiger partial charge in [-0.15, -0.1) is 0 Å². The van der Waals surface area contributed by atoms with Crippen molar-refractivity contribution in [3.63, 3.8) is 0 Å². The van der Waals surface area contributed by atoms with Crippen molar-refractivity contribution in [1.29, 1.82) is 5.26 Å². The number of aromatic nitrogens is 1. The van der Waals surface area contributed by atoms with E-state index >= 15 is 0 Å². The Kier molecular flexibility index (Phi) is 4.57. The summed E-state index contributed by atoms with van der Waals surface area (Å²) in [5.41, 5.74) is 3.12. The van der Waals surface area contributed by atoms with E-state index in [0.717, 1.165) is 51.3 Å². The molecule has 1 aliphatic heterocycles. The highest BCUT2D eigenvalue weighted by Crippen LogP contribution is 2.33. The van der Waals surface area contributed by atoms with Crippen LogP contribution < -0.4 is 4.90 Å². The Bertz CT molecular complexity index is 832. The molecule has 2 aliphatic rings. The van der Waals surface area contributed by atoms with Crippen LogP contribution in [0.1, 0.15) is 35.4 Å². The number of rotatable bonds is 2. The highest BCUT2D eigenvalue weighted by molar-refractivity contribution is 5.84. The smallest absolute Gasteiger partial charge is 0.230 e. The molecule has 1 atom stereocenters. The molecule has 2 heterocycles. The number of amides is 1. The molecule has 4 rings (SSSR count). The number of carbonyl (C=O) groups is 1. The first-order valence-electron chi connectivity index (χ1n) is 9.24. The molecule has 1 amide bonds. The van der Waals surface area contributed by atoms with Gasteiger partial charge in [-0.1, -0.05) is 24.3 Å². The summed E-state index contributed by atoms with van der Waals surface area (Å²) < 4.78 is 0. The molecule has 0 N–H and O–H groups in total. The van der Waals surface area contributed by atoms with Crippen molar-refractivity contribution in [3.05, 3.63) is 59.3 Å². The summed E-state index contributed by atoms with van der Waals surface area (Å²) in [6.45, 7) is 3.00. The van der Waals surface area contributed by atoms with Crippen molar-refractivity contribution in [1.82, 2.24) is 9.88 Å². The van der Waals surface area contributed by atoms with Gasteiger partial charge >= 0.3 is 0 Å². The maximum absolute atomic E-state index is 13.1. The van der Waals surface area contributed by atoms with E-state index in [4.69, 9.17) is 5.26 Å². The van der Waals surface area contributed by atoms with Crippen molar-refractivity contribution in [2.75, 3.05) is 31.1 Å². The number of carbonyl (C=O) groups excluding carboxylic acids is 1. The lowest BCUT2D eigenvalue weighted by molar-refractivity contribution is -0.133. The average molecular weight is 346 g/mol. The third kappa shape index (κ3) is 3.15. The molecule has 2 aromatic rings.